The Balaban J connectivity index is 2.01. The van der Waals surface area contributed by atoms with Gasteiger partial charge in [0, 0.05) is 13.1 Å². The van der Waals surface area contributed by atoms with Gasteiger partial charge in [0.2, 0.25) is 11.7 Å². The lowest BCUT2D eigenvalue weighted by atomic mass is 10.2. The molecule has 0 aliphatic carbocycles. The minimum atomic E-state index is -0.725. The highest BCUT2D eigenvalue weighted by Gasteiger charge is 2.27. The smallest absolute Gasteiger partial charge is 0.246 e. The Hall–Kier alpha value is -1.02. The van der Waals surface area contributed by atoms with Crippen molar-refractivity contribution in [3.05, 3.63) is 11.7 Å². The number of nitrogens with two attached hydrogens (primary N) is 1. The number of rotatable bonds is 5. The van der Waals surface area contributed by atoms with E-state index >= 15 is 0 Å². The van der Waals surface area contributed by atoms with E-state index in [2.05, 4.69) is 22.0 Å². The molecular formula is C12H22N4O3. The summed E-state index contributed by atoms with van der Waals surface area (Å²) in [6, 6.07) is -0.656. The van der Waals surface area contributed by atoms with Gasteiger partial charge in [-0.3, -0.25) is 4.90 Å². The van der Waals surface area contributed by atoms with Crippen LogP contribution in [0.1, 0.15) is 44.1 Å². The number of nitrogens with zero attached hydrogens (tertiary/aromatic N) is 3. The van der Waals surface area contributed by atoms with E-state index in [1.54, 1.807) is 6.92 Å². The Labute approximate surface area is 112 Å². The fourth-order valence-corrected chi connectivity index (χ4v) is 2.10. The molecule has 2 heterocycles. The summed E-state index contributed by atoms with van der Waals surface area (Å²) in [6.45, 7) is 7.14. The highest BCUT2D eigenvalue weighted by Crippen LogP contribution is 2.21. The Morgan fingerprint density at radius 1 is 1.58 bits per heavy atom. The number of morpholine rings is 1. The molecule has 3 atom stereocenters. The lowest BCUT2D eigenvalue weighted by Crippen LogP contribution is -2.39. The van der Waals surface area contributed by atoms with Gasteiger partial charge in [-0.1, -0.05) is 12.1 Å². The Bertz CT molecular complexity index is 394. The average molecular weight is 270 g/mol. The van der Waals surface area contributed by atoms with E-state index in [1.165, 1.54) is 0 Å². The van der Waals surface area contributed by atoms with Gasteiger partial charge in [-0.15, -0.1) is 0 Å². The van der Waals surface area contributed by atoms with Crippen LogP contribution in [0.15, 0.2) is 4.52 Å². The summed E-state index contributed by atoms with van der Waals surface area (Å²) in [7, 11) is 0. The number of hydrogen-bond donors (Lipinski definition) is 2. The standard InChI is InChI=1S/C12H22N4O3/c1-3-4-16-5-6-18-9(7-16)11-14-12(19-15-11)10(13)8(2)17/h8-10,17H,3-7,13H2,1-2H3. The first-order valence-corrected chi connectivity index (χ1v) is 6.73. The van der Waals surface area contributed by atoms with Crippen LogP contribution in [0.25, 0.3) is 0 Å². The number of aliphatic hydroxyl groups is 1. The molecule has 19 heavy (non-hydrogen) atoms. The second-order valence-corrected chi connectivity index (χ2v) is 4.92. The van der Waals surface area contributed by atoms with Gasteiger partial charge < -0.3 is 20.1 Å². The highest BCUT2D eigenvalue weighted by atomic mass is 16.5. The van der Waals surface area contributed by atoms with E-state index in [9.17, 15) is 5.11 Å². The lowest BCUT2D eigenvalue weighted by Gasteiger charge is -2.30. The van der Waals surface area contributed by atoms with E-state index in [4.69, 9.17) is 15.0 Å². The summed E-state index contributed by atoms with van der Waals surface area (Å²) in [5, 5.41) is 13.3. The molecule has 0 aromatic carbocycles. The van der Waals surface area contributed by atoms with E-state index in [0.717, 1.165) is 26.1 Å². The highest BCUT2D eigenvalue weighted by molar-refractivity contribution is 4.98. The van der Waals surface area contributed by atoms with Crippen molar-refractivity contribution in [2.24, 2.45) is 5.73 Å². The summed E-state index contributed by atoms with van der Waals surface area (Å²) >= 11 is 0. The lowest BCUT2D eigenvalue weighted by molar-refractivity contribution is -0.0350. The molecule has 3 unspecified atom stereocenters. The maximum atomic E-state index is 9.41. The largest absolute Gasteiger partial charge is 0.391 e. The van der Waals surface area contributed by atoms with Gasteiger partial charge in [0.1, 0.15) is 12.1 Å². The summed E-state index contributed by atoms with van der Waals surface area (Å²) in [6.07, 6.45) is 0.202. The molecule has 0 spiro atoms. The van der Waals surface area contributed by atoms with Gasteiger partial charge in [0.15, 0.2) is 0 Å². The van der Waals surface area contributed by atoms with Crippen LogP contribution in [0.3, 0.4) is 0 Å². The molecule has 2 rings (SSSR count). The topological polar surface area (TPSA) is 97.6 Å². The molecule has 1 aliphatic rings. The summed E-state index contributed by atoms with van der Waals surface area (Å²) in [5.41, 5.74) is 5.76. The van der Waals surface area contributed by atoms with Gasteiger partial charge in [-0.05, 0) is 19.9 Å². The van der Waals surface area contributed by atoms with Gasteiger partial charge in [-0.2, -0.15) is 4.98 Å². The van der Waals surface area contributed by atoms with Crippen molar-refractivity contribution in [3.63, 3.8) is 0 Å². The third kappa shape index (κ3) is 3.50. The summed E-state index contributed by atoms with van der Waals surface area (Å²) in [4.78, 5) is 6.55. The molecule has 7 heteroatoms. The molecule has 7 nitrogen and oxygen atoms in total. The maximum Gasteiger partial charge on any atom is 0.246 e. The SMILES string of the molecule is CCCN1CCOC(c2noc(C(N)C(C)O)n2)C1. The predicted molar refractivity (Wildman–Crippen MR) is 68.3 cm³/mol. The molecule has 1 aromatic rings. The monoisotopic (exact) mass is 270 g/mol. The first-order chi connectivity index (χ1) is 9.11. The van der Waals surface area contributed by atoms with Crippen molar-refractivity contribution in [1.82, 2.24) is 15.0 Å². The first kappa shape index (κ1) is 14.4. The van der Waals surface area contributed by atoms with Gasteiger partial charge in [0.05, 0.1) is 12.7 Å². The molecule has 1 fully saturated rings. The molecular weight excluding hydrogens is 248 g/mol. The zero-order valence-electron chi connectivity index (χ0n) is 11.5. The number of ether oxygens (including phenoxy) is 1. The van der Waals surface area contributed by atoms with Crippen LogP contribution in [0.5, 0.6) is 0 Å². The molecule has 1 aromatic heterocycles. The molecule has 0 saturated carbocycles. The minimum Gasteiger partial charge on any atom is -0.391 e. The van der Waals surface area contributed by atoms with Crippen LogP contribution >= 0.6 is 0 Å². The van der Waals surface area contributed by atoms with Gasteiger partial charge in [0.25, 0.3) is 0 Å². The van der Waals surface area contributed by atoms with Crippen molar-refractivity contribution in [3.8, 4) is 0 Å². The Kier molecular flexibility index (Phi) is 4.87. The minimum absolute atomic E-state index is 0.181. The number of aromatic nitrogens is 2. The number of aliphatic hydroxyl groups excluding tert-OH is 1. The zero-order valence-corrected chi connectivity index (χ0v) is 11.5. The Morgan fingerprint density at radius 3 is 3.05 bits per heavy atom. The van der Waals surface area contributed by atoms with E-state index in [1.807, 2.05) is 0 Å². The average Bonchev–Trinajstić information content (AvgIpc) is 2.88. The molecule has 0 bridgehead atoms. The summed E-state index contributed by atoms with van der Waals surface area (Å²) in [5.74, 6) is 0.758. The molecule has 108 valence electrons. The quantitative estimate of drug-likeness (QED) is 0.790. The normalized spacial score (nSPS) is 24.3. The van der Waals surface area contributed by atoms with Crippen LogP contribution in [0, 0.1) is 0 Å². The van der Waals surface area contributed by atoms with E-state index < -0.39 is 12.1 Å². The van der Waals surface area contributed by atoms with Crippen LogP contribution in [-0.2, 0) is 4.74 Å². The molecule has 0 radical (unpaired) electrons. The third-order valence-corrected chi connectivity index (χ3v) is 3.24. The van der Waals surface area contributed by atoms with E-state index in [0.29, 0.717) is 12.4 Å². The van der Waals surface area contributed by atoms with Crippen LogP contribution in [0.2, 0.25) is 0 Å². The van der Waals surface area contributed by atoms with E-state index in [-0.39, 0.29) is 12.0 Å². The molecule has 0 amide bonds. The molecule has 1 saturated heterocycles. The van der Waals surface area contributed by atoms with Crippen LogP contribution < -0.4 is 5.73 Å². The van der Waals surface area contributed by atoms with Gasteiger partial charge in [-0.25, -0.2) is 0 Å². The molecule has 3 N–H and O–H groups in total. The number of hydrogen-bond acceptors (Lipinski definition) is 7. The third-order valence-electron chi connectivity index (χ3n) is 3.24. The second kappa shape index (κ2) is 6.42. The zero-order chi connectivity index (χ0) is 13.8. The Morgan fingerprint density at radius 2 is 2.37 bits per heavy atom. The molecule has 1 aliphatic heterocycles. The van der Waals surface area contributed by atoms with Crippen LogP contribution in [0.4, 0.5) is 0 Å². The van der Waals surface area contributed by atoms with Crippen molar-refractivity contribution < 1.29 is 14.4 Å². The van der Waals surface area contributed by atoms with Crippen molar-refractivity contribution in [1.29, 1.82) is 0 Å². The van der Waals surface area contributed by atoms with Crippen LogP contribution in [-0.4, -0.2) is 52.5 Å². The first-order valence-electron chi connectivity index (χ1n) is 6.73. The van der Waals surface area contributed by atoms with Crippen molar-refractivity contribution in [2.75, 3.05) is 26.2 Å². The second-order valence-electron chi connectivity index (χ2n) is 4.92. The fraction of sp³-hybridized carbons (Fsp3) is 0.833. The summed E-state index contributed by atoms with van der Waals surface area (Å²) < 4.78 is 10.8. The van der Waals surface area contributed by atoms with Gasteiger partial charge >= 0.3 is 0 Å². The predicted octanol–water partition coefficient (Wildman–Crippen LogP) is 0.234. The maximum absolute atomic E-state index is 9.41. The fourth-order valence-electron chi connectivity index (χ4n) is 2.10. The van der Waals surface area contributed by atoms with Crippen molar-refractivity contribution >= 4 is 0 Å². The van der Waals surface area contributed by atoms with Crippen molar-refractivity contribution in [2.45, 2.75) is 38.5 Å².